The van der Waals surface area contributed by atoms with Gasteiger partial charge in [-0.3, -0.25) is 14.1 Å². The van der Waals surface area contributed by atoms with Gasteiger partial charge in [0, 0.05) is 0 Å². The Morgan fingerprint density at radius 3 is 1.64 bits per heavy atom. The SMILES string of the molecule is NC(COC(=O)P(=O)(O)OCC(N)C(=O)OCc1ccccc1)C(=O)OCc1ccccc1. The fourth-order valence-electron chi connectivity index (χ4n) is 2.28. The molecular formula is C21H25N2O9P. The molecule has 0 heterocycles. The Bertz CT molecular complexity index is 972. The van der Waals surface area contributed by atoms with Crippen LogP contribution in [0.5, 0.6) is 0 Å². The van der Waals surface area contributed by atoms with Gasteiger partial charge in [0.2, 0.25) is 0 Å². The third kappa shape index (κ3) is 9.13. The largest absolute Gasteiger partial charge is 0.460 e. The summed E-state index contributed by atoms with van der Waals surface area (Å²) < 4.78 is 31.1. The molecule has 3 atom stereocenters. The second-order valence-electron chi connectivity index (χ2n) is 6.79. The number of benzene rings is 2. The average Bonchev–Trinajstić information content (AvgIpc) is 2.83. The van der Waals surface area contributed by atoms with Crippen molar-refractivity contribution in [2.45, 2.75) is 25.3 Å². The second kappa shape index (κ2) is 12.8. The molecule has 0 aliphatic carbocycles. The van der Waals surface area contributed by atoms with Gasteiger partial charge in [-0.25, -0.2) is 9.36 Å². The van der Waals surface area contributed by atoms with Crippen molar-refractivity contribution in [2.24, 2.45) is 11.5 Å². The van der Waals surface area contributed by atoms with Crippen LogP contribution in [0.1, 0.15) is 11.1 Å². The Morgan fingerprint density at radius 2 is 1.18 bits per heavy atom. The maximum absolute atomic E-state index is 12.0. The maximum atomic E-state index is 12.0. The van der Waals surface area contributed by atoms with Crippen LogP contribution in [0.25, 0.3) is 0 Å². The molecule has 2 aromatic carbocycles. The molecule has 11 nitrogen and oxygen atoms in total. The first kappa shape index (κ1) is 26.2. The first-order valence-electron chi connectivity index (χ1n) is 9.76. The summed E-state index contributed by atoms with van der Waals surface area (Å²) in [5.74, 6) is -1.76. The number of hydrogen-bond acceptors (Lipinski definition) is 10. The van der Waals surface area contributed by atoms with Crippen LogP contribution < -0.4 is 11.5 Å². The highest BCUT2D eigenvalue weighted by atomic mass is 31.2. The van der Waals surface area contributed by atoms with Crippen LogP contribution in [0, 0.1) is 0 Å². The van der Waals surface area contributed by atoms with Gasteiger partial charge < -0.3 is 30.6 Å². The molecule has 3 unspecified atom stereocenters. The van der Waals surface area contributed by atoms with Crippen LogP contribution in [0.2, 0.25) is 0 Å². The van der Waals surface area contributed by atoms with E-state index in [9.17, 15) is 23.8 Å². The van der Waals surface area contributed by atoms with Crippen molar-refractivity contribution in [1.29, 1.82) is 0 Å². The van der Waals surface area contributed by atoms with E-state index in [4.69, 9.17) is 20.9 Å². The fraction of sp³-hybridized carbons (Fsp3) is 0.286. The van der Waals surface area contributed by atoms with Gasteiger partial charge in [-0.2, -0.15) is 0 Å². The van der Waals surface area contributed by atoms with Crippen molar-refractivity contribution in [2.75, 3.05) is 13.2 Å². The molecular weight excluding hydrogens is 455 g/mol. The Morgan fingerprint density at radius 1 is 0.758 bits per heavy atom. The van der Waals surface area contributed by atoms with Gasteiger partial charge in [-0.1, -0.05) is 60.7 Å². The summed E-state index contributed by atoms with van der Waals surface area (Å²) in [7, 11) is -4.96. The number of hydrogen-bond donors (Lipinski definition) is 3. The van der Waals surface area contributed by atoms with Gasteiger partial charge in [-0.15, -0.1) is 0 Å². The van der Waals surface area contributed by atoms with E-state index < -0.39 is 50.5 Å². The van der Waals surface area contributed by atoms with Crippen LogP contribution in [0.4, 0.5) is 4.79 Å². The van der Waals surface area contributed by atoms with Crippen molar-refractivity contribution in [1.82, 2.24) is 0 Å². The summed E-state index contributed by atoms with van der Waals surface area (Å²) in [6, 6.07) is 14.8. The highest BCUT2D eigenvalue weighted by Gasteiger charge is 2.35. The van der Waals surface area contributed by atoms with E-state index in [1.807, 2.05) is 0 Å². The first-order valence-corrected chi connectivity index (χ1v) is 11.3. The number of carbonyl (C=O) groups excluding carboxylic acids is 3. The molecule has 0 aliphatic heterocycles. The lowest BCUT2D eigenvalue weighted by molar-refractivity contribution is -0.148. The number of nitrogens with two attached hydrogens (primary N) is 2. The first-order chi connectivity index (χ1) is 15.7. The Labute approximate surface area is 190 Å². The van der Waals surface area contributed by atoms with Crippen LogP contribution in [-0.2, 0) is 46.1 Å². The summed E-state index contributed by atoms with van der Waals surface area (Å²) in [6.45, 7) is -1.58. The van der Waals surface area contributed by atoms with E-state index in [2.05, 4.69) is 9.26 Å². The zero-order valence-corrected chi connectivity index (χ0v) is 18.5. The summed E-state index contributed by atoms with van der Waals surface area (Å²) in [5, 5.41) is 0. The molecule has 0 aliphatic rings. The highest BCUT2D eigenvalue weighted by Crippen LogP contribution is 2.44. The smallest absolute Gasteiger partial charge is 0.435 e. The lowest BCUT2D eigenvalue weighted by Crippen LogP contribution is -2.38. The van der Waals surface area contributed by atoms with E-state index in [1.54, 1.807) is 60.7 Å². The minimum atomic E-state index is -4.96. The lowest BCUT2D eigenvalue weighted by Gasteiger charge is -2.16. The minimum absolute atomic E-state index is 0.0405. The van der Waals surface area contributed by atoms with Crippen LogP contribution >= 0.6 is 7.60 Å². The molecule has 0 amide bonds. The van der Waals surface area contributed by atoms with E-state index in [0.29, 0.717) is 5.56 Å². The maximum Gasteiger partial charge on any atom is 0.435 e. The van der Waals surface area contributed by atoms with Crippen molar-refractivity contribution < 1.29 is 42.6 Å². The van der Waals surface area contributed by atoms with Gasteiger partial charge in [0.15, 0.2) is 0 Å². The second-order valence-corrected chi connectivity index (χ2v) is 8.46. The van der Waals surface area contributed by atoms with Gasteiger partial charge >= 0.3 is 25.2 Å². The summed E-state index contributed by atoms with van der Waals surface area (Å²) in [5.41, 5.74) is 10.9. The third-order valence-electron chi connectivity index (χ3n) is 4.10. The molecule has 0 saturated heterocycles. The molecule has 2 aromatic rings. The van der Waals surface area contributed by atoms with Gasteiger partial charge in [0.25, 0.3) is 0 Å². The molecule has 0 radical (unpaired) electrons. The topological polar surface area (TPSA) is 177 Å². The van der Waals surface area contributed by atoms with Crippen LogP contribution in [0.15, 0.2) is 60.7 Å². The molecule has 12 heteroatoms. The number of esters is 2. The normalized spacial score (nSPS) is 14.4. The summed E-state index contributed by atoms with van der Waals surface area (Å²) in [4.78, 5) is 45.3. The molecule has 33 heavy (non-hydrogen) atoms. The van der Waals surface area contributed by atoms with E-state index in [0.717, 1.165) is 5.56 Å². The van der Waals surface area contributed by atoms with Crippen molar-refractivity contribution in [3.63, 3.8) is 0 Å². The van der Waals surface area contributed by atoms with Crippen LogP contribution in [0.3, 0.4) is 0 Å². The van der Waals surface area contributed by atoms with Crippen molar-refractivity contribution >= 4 is 25.2 Å². The number of carbonyl (C=O) groups is 3. The molecule has 5 N–H and O–H groups in total. The van der Waals surface area contributed by atoms with E-state index >= 15 is 0 Å². The van der Waals surface area contributed by atoms with Crippen molar-refractivity contribution in [3.05, 3.63) is 71.8 Å². The van der Waals surface area contributed by atoms with Crippen LogP contribution in [-0.4, -0.2) is 47.8 Å². The van der Waals surface area contributed by atoms with Gasteiger partial charge in [-0.05, 0) is 11.1 Å². The zero-order chi connectivity index (χ0) is 24.3. The Hall–Kier alpha value is -3.08. The van der Waals surface area contributed by atoms with E-state index in [-0.39, 0.29) is 13.2 Å². The fourth-order valence-corrected chi connectivity index (χ4v) is 2.99. The highest BCUT2D eigenvalue weighted by molar-refractivity contribution is 7.70. The monoisotopic (exact) mass is 480 g/mol. The molecule has 0 aromatic heterocycles. The van der Waals surface area contributed by atoms with E-state index in [1.165, 1.54) is 0 Å². The third-order valence-corrected chi connectivity index (χ3v) is 5.19. The zero-order valence-electron chi connectivity index (χ0n) is 17.6. The quantitative estimate of drug-likeness (QED) is 0.228. The standard InChI is InChI=1S/C21H25N2O9P/c22-17(19(24)29-11-15-7-3-1-4-8-15)13-31-21(26)33(27,28)32-14-18(23)20(25)30-12-16-9-5-2-6-10-16/h1-10,17-18H,11-14,22-23H2,(H,27,28). The molecule has 0 saturated carbocycles. The average molecular weight is 480 g/mol. The molecule has 0 spiro atoms. The molecule has 0 bridgehead atoms. The Balaban J connectivity index is 1.71. The summed E-state index contributed by atoms with van der Waals surface area (Å²) in [6.07, 6.45) is 0. The number of rotatable bonds is 12. The number of ether oxygens (including phenoxy) is 3. The van der Waals surface area contributed by atoms with Gasteiger partial charge in [0.05, 0.1) is 6.61 Å². The predicted octanol–water partition coefficient (Wildman–Crippen LogP) is 1.47. The molecule has 0 fully saturated rings. The predicted molar refractivity (Wildman–Crippen MR) is 116 cm³/mol. The minimum Gasteiger partial charge on any atom is -0.460 e. The molecule has 2 rings (SSSR count). The Kier molecular flexibility index (Phi) is 10.2. The lowest BCUT2D eigenvalue weighted by atomic mass is 10.2. The summed E-state index contributed by atoms with van der Waals surface area (Å²) >= 11 is 0. The molecule has 178 valence electrons. The van der Waals surface area contributed by atoms with Gasteiger partial charge in [0.1, 0.15) is 31.9 Å². The van der Waals surface area contributed by atoms with Crippen molar-refractivity contribution in [3.8, 4) is 0 Å².